The summed E-state index contributed by atoms with van der Waals surface area (Å²) < 4.78 is 8.16. The molecule has 0 saturated carbocycles. The van der Waals surface area contributed by atoms with Gasteiger partial charge in [-0.25, -0.2) is 4.79 Å². The summed E-state index contributed by atoms with van der Waals surface area (Å²) in [5.41, 5.74) is 1.14. The van der Waals surface area contributed by atoms with Crippen molar-refractivity contribution in [1.29, 1.82) is 0 Å². The van der Waals surface area contributed by atoms with Gasteiger partial charge in [0.2, 0.25) is 5.91 Å². The third-order valence-corrected chi connectivity index (χ3v) is 5.02. The molecule has 1 aliphatic heterocycles. The molecule has 3 rings (SSSR count). The minimum absolute atomic E-state index is 0.0122. The number of carboxylic acids is 1. The van der Waals surface area contributed by atoms with Crippen molar-refractivity contribution in [3.8, 4) is 0 Å². The summed E-state index contributed by atoms with van der Waals surface area (Å²) in [5.74, 6) is -1.95. The van der Waals surface area contributed by atoms with Crippen molar-refractivity contribution in [1.82, 2.24) is 14.5 Å². The lowest BCUT2D eigenvalue weighted by atomic mass is 9.86. The minimum Gasteiger partial charge on any atom is -0.481 e. The first kappa shape index (κ1) is 18.2. The highest BCUT2D eigenvalue weighted by Crippen LogP contribution is 2.23. The molecule has 8 nitrogen and oxygen atoms in total. The zero-order chi connectivity index (χ0) is 18.7. The van der Waals surface area contributed by atoms with Crippen molar-refractivity contribution in [3.63, 3.8) is 0 Å². The van der Waals surface area contributed by atoms with Gasteiger partial charge in [0.05, 0.1) is 17.0 Å². The number of ether oxygens (including phenoxy) is 1. The molecule has 8 heteroatoms. The first-order chi connectivity index (χ1) is 12.5. The van der Waals surface area contributed by atoms with E-state index in [0.29, 0.717) is 31.6 Å². The molecule has 0 bridgehead atoms. The average Bonchev–Trinajstić information content (AvgIpc) is 2.88. The van der Waals surface area contributed by atoms with Gasteiger partial charge in [-0.15, -0.1) is 0 Å². The number of fused-ring (bicyclic) bond motifs is 1. The van der Waals surface area contributed by atoms with Gasteiger partial charge >= 0.3 is 11.7 Å². The van der Waals surface area contributed by atoms with E-state index in [1.165, 1.54) is 9.13 Å². The number of benzene rings is 1. The quantitative estimate of drug-likeness (QED) is 0.784. The van der Waals surface area contributed by atoms with Crippen LogP contribution in [0.15, 0.2) is 29.1 Å². The number of rotatable bonds is 6. The normalized spacial score (nSPS) is 16.5. The van der Waals surface area contributed by atoms with Crippen molar-refractivity contribution in [2.75, 3.05) is 19.8 Å². The second kappa shape index (κ2) is 7.74. The van der Waals surface area contributed by atoms with E-state index in [0.717, 1.165) is 5.52 Å². The van der Waals surface area contributed by atoms with Gasteiger partial charge in [0.1, 0.15) is 6.54 Å². The molecule has 1 aromatic carbocycles. The Balaban J connectivity index is 1.68. The van der Waals surface area contributed by atoms with E-state index in [1.807, 2.05) is 18.2 Å². The molecule has 0 spiro atoms. The molecule has 1 saturated heterocycles. The van der Waals surface area contributed by atoms with Crippen LogP contribution in [0.4, 0.5) is 0 Å². The van der Waals surface area contributed by atoms with E-state index in [9.17, 15) is 19.5 Å². The molecule has 1 aliphatic rings. The van der Waals surface area contributed by atoms with Crippen LogP contribution in [0.25, 0.3) is 11.0 Å². The first-order valence-electron chi connectivity index (χ1n) is 8.70. The molecule has 1 amide bonds. The van der Waals surface area contributed by atoms with Gasteiger partial charge in [-0.3, -0.25) is 18.7 Å². The molecular weight excluding hydrogens is 338 g/mol. The number of aromatic nitrogens is 2. The van der Waals surface area contributed by atoms with Crippen LogP contribution >= 0.6 is 0 Å². The lowest BCUT2D eigenvalue weighted by molar-refractivity contribution is -0.145. The zero-order valence-corrected chi connectivity index (χ0v) is 14.7. The molecule has 1 atom stereocenters. The van der Waals surface area contributed by atoms with Crippen LogP contribution in [0.2, 0.25) is 0 Å². The van der Waals surface area contributed by atoms with Crippen LogP contribution in [0.1, 0.15) is 12.8 Å². The summed E-state index contributed by atoms with van der Waals surface area (Å²) in [5, 5.41) is 12.1. The molecule has 26 heavy (non-hydrogen) atoms. The molecular formula is C18H23N3O5. The highest BCUT2D eigenvalue weighted by Gasteiger charge is 2.30. The summed E-state index contributed by atoms with van der Waals surface area (Å²) in [7, 11) is 1.66. The first-order valence-corrected chi connectivity index (χ1v) is 8.70. The largest absolute Gasteiger partial charge is 0.481 e. The van der Waals surface area contributed by atoms with E-state index in [4.69, 9.17) is 4.74 Å². The van der Waals surface area contributed by atoms with Crippen molar-refractivity contribution in [3.05, 3.63) is 34.7 Å². The third kappa shape index (κ3) is 3.65. The second-order valence-corrected chi connectivity index (χ2v) is 6.62. The van der Waals surface area contributed by atoms with Crippen LogP contribution in [0.5, 0.6) is 0 Å². The van der Waals surface area contributed by atoms with Gasteiger partial charge in [-0.1, -0.05) is 12.1 Å². The van der Waals surface area contributed by atoms with E-state index in [-0.39, 0.29) is 30.6 Å². The van der Waals surface area contributed by atoms with Gasteiger partial charge in [0, 0.05) is 26.8 Å². The predicted octanol–water partition coefficient (Wildman–Crippen LogP) is 0.584. The average molecular weight is 361 g/mol. The molecule has 2 heterocycles. The van der Waals surface area contributed by atoms with E-state index in [1.54, 1.807) is 13.1 Å². The van der Waals surface area contributed by atoms with Crippen molar-refractivity contribution in [2.45, 2.75) is 19.4 Å². The predicted molar refractivity (Wildman–Crippen MR) is 94.9 cm³/mol. The number of para-hydroxylation sites is 2. The Bertz CT molecular complexity index is 863. The Hall–Kier alpha value is -2.61. The van der Waals surface area contributed by atoms with Gasteiger partial charge < -0.3 is 15.2 Å². The molecule has 140 valence electrons. The summed E-state index contributed by atoms with van der Waals surface area (Å²) in [6.07, 6.45) is 1.35. The Morgan fingerprint density at radius 1 is 1.27 bits per heavy atom. The lowest BCUT2D eigenvalue weighted by Crippen LogP contribution is -2.40. The van der Waals surface area contributed by atoms with E-state index >= 15 is 0 Å². The van der Waals surface area contributed by atoms with Crippen molar-refractivity contribution in [2.24, 2.45) is 18.9 Å². The van der Waals surface area contributed by atoms with Crippen molar-refractivity contribution >= 4 is 22.9 Å². The topological polar surface area (TPSA) is 103 Å². The number of imidazole rings is 1. The molecule has 2 N–H and O–H groups in total. The maximum Gasteiger partial charge on any atom is 0.329 e. The van der Waals surface area contributed by atoms with Crippen molar-refractivity contribution < 1.29 is 19.4 Å². The summed E-state index contributed by atoms with van der Waals surface area (Å²) in [6.45, 7) is 1.01. The fourth-order valence-electron chi connectivity index (χ4n) is 3.51. The molecule has 0 radical (unpaired) electrons. The maximum absolute atomic E-state index is 12.4. The number of carboxylic acid groups (broad SMARTS) is 1. The standard InChI is InChI=1S/C18H23N3O5/c1-20-14-4-2-3-5-15(14)21(18(20)25)11-16(22)19-10-13(17(23)24)12-6-8-26-9-7-12/h2-5,12-13H,6-11H2,1H3,(H,19,22)(H,23,24). The van der Waals surface area contributed by atoms with Crippen LogP contribution in [0, 0.1) is 11.8 Å². The van der Waals surface area contributed by atoms with E-state index in [2.05, 4.69) is 5.32 Å². The Morgan fingerprint density at radius 2 is 1.92 bits per heavy atom. The van der Waals surface area contributed by atoms with Crippen LogP contribution in [0.3, 0.4) is 0 Å². The van der Waals surface area contributed by atoms with Gasteiger partial charge in [-0.05, 0) is 30.9 Å². The number of aryl methyl sites for hydroxylation is 1. The lowest BCUT2D eigenvalue weighted by Gasteiger charge is -2.27. The fourth-order valence-corrected chi connectivity index (χ4v) is 3.51. The summed E-state index contributed by atoms with van der Waals surface area (Å²) in [6, 6.07) is 7.24. The summed E-state index contributed by atoms with van der Waals surface area (Å²) in [4.78, 5) is 36.2. The number of carbonyl (C=O) groups is 2. The molecule has 2 aromatic rings. The molecule has 1 unspecified atom stereocenters. The Labute approximate surface area is 150 Å². The highest BCUT2D eigenvalue weighted by atomic mass is 16.5. The molecule has 1 fully saturated rings. The maximum atomic E-state index is 12.4. The fraction of sp³-hybridized carbons (Fsp3) is 0.500. The number of hydrogen-bond acceptors (Lipinski definition) is 4. The van der Waals surface area contributed by atoms with Gasteiger partial charge in [0.15, 0.2) is 0 Å². The van der Waals surface area contributed by atoms with Crippen LogP contribution < -0.4 is 11.0 Å². The second-order valence-electron chi connectivity index (χ2n) is 6.62. The molecule has 0 aliphatic carbocycles. The molecule has 1 aromatic heterocycles. The number of carbonyl (C=O) groups excluding carboxylic acids is 1. The van der Waals surface area contributed by atoms with E-state index < -0.39 is 11.9 Å². The minimum atomic E-state index is -0.917. The summed E-state index contributed by atoms with van der Waals surface area (Å²) >= 11 is 0. The number of nitrogens with zero attached hydrogens (tertiary/aromatic N) is 2. The Kier molecular flexibility index (Phi) is 5.41. The number of amides is 1. The Morgan fingerprint density at radius 3 is 2.58 bits per heavy atom. The zero-order valence-electron chi connectivity index (χ0n) is 14.7. The van der Waals surface area contributed by atoms with Crippen LogP contribution in [-0.2, 0) is 27.9 Å². The highest BCUT2D eigenvalue weighted by molar-refractivity contribution is 5.81. The third-order valence-electron chi connectivity index (χ3n) is 5.02. The number of aliphatic carboxylic acids is 1. The number of hydrogen-bond donors (Lipinski definition) is 2. The van der Waals surface area contributed by atoms with Gasteiger partial charge in [-0.2, -0.15) is 0 Å². The smallest absolute Gasteiger partial charge is 0.329 e. The number of nitrogens with one attached hydrogen (secondary N) is 1. The SMILES string of the molecule is Cn1c(=O)n(CC(=O)NCC(C(=O)O)C2CCOCC2)c2ccccc21. The monoisotopic (exact) mass is 361 g/mol. The van der Waals surface area contributed by atoms with Gasteiger partial charge in [0.25, 0.3) is 0 Å². The van der Waals surface area contributed by atoms with Crippen LogP contribution in [-0.4, -0.2) is 45.9 Å².